The number of aromatic nitrogens is 2. The fraction of sp³-hybridized carbons (Fsp3) is 0.667. The van der Waals surface area contributed by atoms with Gasteiger partial charge in [-0.25, -0.2) is 13.1 Å². The summed E-state index contributed by atoms with van der Waals surface area (Å²) in [5.74, 6) is 0.989. The van der Waals surface area contributed by atoms with Crippen LogP contribution in [0.2, 0.25) is 0 Å². The minimum absolute atomic E-state index is 0.278. The van der Waals surface area contributed by atoms with Gasteiger partial charge in [-0.1, -0.05) is 5.16 Å². The zero-order valence-corrected chi connectivity index (χ0v) is 8.26. The number of sulfonamides is 1. The second kappa shape index (κ2) is 3.84. The van der Waals surface area contributed by atoms with Crippen LogP contribution >= 0.6 is 0 Å². The van der Waals surface area contributed by atoms with Crippen LogP contribution in [0.1, 0.15) is 11.7 Å². The Morgan fingerprint density at radius 1 is 1.54 bits per heavy atom. The monoisotopic (exact) mass is 205 g/mol. The lowest BCUT2D eigenvalue weighted by Crippen LogP contribution is -2.24. The van der Waals surface area contributed by atoms with Crippen LogP contribution in [-0.2, 0) is 16.4 Å². The smallest absolute Gasteiger partial charge is 0.227 e. The van der Waals surface area contributed by atoms with Gasteiger partial charge in [-0.2, -0.15) is 4.98 Å². The summed E-state index contributed by atoms with van der Waals surface area (Å²) in [4.78, 5) is 3.92. The lowest BCUT2D eigenvalue weighted by Gasteiger charge is -1.97. The number of rotatable bonds is 4. The van der Waals surface area contributed by atoms with Crippen molar-refractivity contribution >= 4 is 10.0 Å². The maximum absolute atomic E-state index is 10.6. The highest BCUT2D eigenvalue weighted by molar-refractivity contribution is 7.88. The van der Waals surface area contributed by atoms with E-state index in [0.29, 0.717) is 18.1 Å². The molecule has 7 heteroatoms. The molecule has 0 saturated heterocycles. The van der Waals surface area contributed by atoms with E-state index in [2.05, 4.69) is 14.9 Å². The standard InChI is InChI=1S/C6H11N3O3S/c1-5-8-6(12-9-5)3-4-7-13(2,10)11/h7H,3-4H2,1-2H3. The lowest BCUT2D eigenvalue weighted by atomic mass is 10.4. The molecule has 0 aliphatic carbocycles. The number of hydrogen-bond acceptors (Lipinski definition) is 5. The van der Waals surface area contributed by atoms with Gasteiger partial charge in [-0.3, -0.25) is 0 Å². The van der Waals surface area contributed by atoms with Crippen LogP contribution in [0.4, 0.5) is 0 Å². The van der Waals surface area contributed by atoms with Gasteiger partial charge < -0.3 is 4.52 Å². The topological polar surface area (TPSA) is 85.1 Å². The molecule has 74 valence electrons. The number of nitrogens with zero attached hydrogens (tertiary/aromatic N) is 2. The fourth-order valence-electron chi connectivity index (χ4n) is 0.785. The van der Waals surface area contributed by atoms with Gasteiger partial charge in [0.25, 0.3) is 0 Å². The molecular formula is C6H11N3O3S. The predicted octanol–water partition coefficient (Wildman–Crippen LogP) is -0.530. The first-order valence-corrected chi connectivity index (χ1v) is 5.60. The van der Waals surface area contributed by atoms with E-state index in [0.717, 1.165) is 6.26 Å². The third kappa shape index (κ3) is 4.00. The molecule has 6 nitrogen and oxygen atoms in total. The molecule has 1 N–H and O–H groups in total. The molecule has 0 aliphatic rings. The van der Waals surface area contributed by atoms with Gasteiger partial charge in [-0.05, 0) is 6.92 Å². The van der Waals surface area contributed by atoms with Crippen LogP contribution < -0.4 is 4.72 Å². The highest BCUT2D eigenvalue weighted by Gasteiger charge is 2.04. The normalized spacial score (nSPS) is 11.8. The van der Waals surface area contributed by atoms with Crippen LogP contribution in [-0.4, -0.2) is 31.4 Å². The Labute approximate surface area is 76.4 Å². The number of aryl methyl sites for hydroxylation is 1. The summed E-state index contributed by atoms with van der Waals surface area (Å²) in [5, 5.41) is 3.57. The Bertz CT molecular complexity index is 370. The molecule has 0 fully saturated rings. The summed E-state index contributed by atoms with van der Waals surface area (Å²) < 4.78 is 28.4. The van der Waals surface area contributed by atoms with Crippen LogP contribution in [0.25, 0.3) is 0 Å². The number of nitrogens with one attached hydrogen (secondary N) is 1. The van der Waals surface area contributed by atoms with E-state index in [4.69, 9.17) is 4.52 Å². The fourth-order valence-corrected chi connectivity index (χ4v) is 1.26. The van der Waals surface area contributed by atoms with Gasteiger partial charge in [-0.15, -0.1) is 0 Å². The first-order valence-electron chi connectivity index (χ1n) is 3.71. The van der Waals surface area contributed by atoms with Crippen molar-refractivity contribution in [2.45, 2.75) is 13.3 Å². The van der Waals surface area contributed by atoms with Crippen molar-refractivity contribution < 1.29 is 12.9 Å². The van der Waals surface area contributed by atoms with Crippen molar-refractivity contribution in [3.8, 4) is 0 Å². The molecule has 0 spiro atoms. The number of hydrogen-bond donors (Lipinski definition) is 1. The summed E-state index contributed by atoms with van der Waals surface area (Å²) in [6.07, 6.45) is 1.51. The summed E-state index contributed by atoms with van der Waals surface area (Å²) in [6, 6.07) is 0. The van der Waals surface area contributed by atoms with Crippen LogP contribution in [0.15, 0.2) is 4.52 Å². The van der Waals surface area contributed by atoms with Gasteiger partial charge in [0, 0.05) is 13.0 Å². The highest BCUT2D eigenvalue weighted by Crippen LogP contribution is 1.95. The summed E-state index contributed by atoms with van der Waals surface area (Å²) in [7, 11) is -3.13. The van der Waals surface area contributed by atoms with Crippen molar-refractivity contribution in [2.24, 2.45) is 0 Å². The lowest BCUT2D eigenvalue weighted by molar-refractivity contribution is 0.375. The Hall–Kier alpha value is -0.950. The molecule has 0 bridgehead atoms. The van der Waals surface area contributed by atoms with E-state index < -0.39 is 10.0 Å². The molecule has 1 heterocycles. The third-order valence-corrected chi connectivity index (χ3v) is 2.00. The van der Waals surface area contributed by atoms with E-state index in [1.54, 1.807) is 6.92 Å². The zero-order valence-electron chi connectivity index (χ0n) is 7.44. The molecule has 0 saturated carbocycles. The maximum Gasteiger partial charge on any atom is 0.227 e. The van der Waals surface area contributed by atoms with Crippen molar-refractivity contribution in [3.63, 3.8) is 0 Å². The van der Waals surface area contributed by atoms with Crippen molar-refractivity contribution in [2.75, 3.05) is 12.8 Å². The molecule has 0 aliphatic heterocycles. The molecule has 1 rings (SSSR count). The van der Waals surface area contributed by atoms with Crippen LogP contribution in [0.5, 0.6) is 0 Å². The van der Waals surface area contributed by atoms with Gasteiger partial charge in [0.1, 0.15) is 0 Å². The Balaban J connectivity index is 2.36. The molecule has 0 amide bonds. The highest BCUT2D eigenvalue weighted by atomic mass is 32.2. The average molecular weight is 205 g/mol. The Morgan fingerprint density at radius 2 is 2.23 bits per heavy atom. The Morgan fingerprint density at radius 3 is 2.69 bits per heavy atom. The van der Waals surface area contributed by atoms with Gasteiger partial charge in [0.15, 0.2) is 5.82 Å². The van der Waals surface area contributed by atoms with E-state index >= 15 is 0 Å². The molecule has 0 radical (unpaired) electrons. The van der Waals surface area contributed by atoms with Crippen LogP contribution in [0, 0.1) is 6.92 Å². The third-order valence-electron chi connectivity index (χ3n) is 1.27. The van der Waals surface area contributed by atoms with Crippen molar-refractivity contribution in [1.82, 2.24) is 14.9 Å². The van der Waals surface area contributed by atoms with E-state index in [-0.39, 0.29) is 6.54 Å². The van der Waals surface area contributed by atoms with Gasteiger partial charge in [0.2, 0.25) is 15.9 Å². The average Bonchev–Trinajstić information content (AvgIpc) is 2.33. The van der Waals surface area contributed by atoms with E-state index in [1.807, 2.05) is 0 Å². The Kier molecular flexibility index (Phi) is 2.99. The van der Waals surface area contributed by atoms with Crippen molar-refractivity contribution in [1.29, 1.82) is 0 Å². The molecule has 1 aromatic heterocycles. The maximum atomic E-state index is 10.6. The minimum Gasteiger partial charge on any atom is -0.339 e. The second-order valence-electron chi connectivity index (χ2n) is 2.65. The van der Waals surface area contributed by atoms with E-state index in [1.165, 1.54) is 0 Å². The molecule has 1 aromatic rings. The summed E-state index contributed by atoms with van der Waals surface area (Å²) in [5.41, 5.74) is 0. The van der Waals surface area contributed by atoms with E-state index in [9.17, 15) is 8.42 Å². The SMILES string of the molecule is Cc1noc(CCNS(C)(=O)=O)n1. The minimum atomic E-state index is -3.13. The van der Waals surface area contributed by atoms with Crippen molar-refractivity contribution in [3.05, 3.63) is 11.7 Å². The quantitative estimate of drug-likeness (QED) is 0.714. The van der Waals surface area contributed by atoms with Crippen LogP contribution in [0.3, 0.4) is 0 Å². The second-order valence-corrected chi connectivity index (χ2v) is 4.48. The molecule has 0 atom stereocenters. The molecular weight excluding hydrogens is 194 g/mol. The summed E-state index contributed by atoms with van der Waals surface area (Å²) in [6.45, 7) is 1.98. The van der Waals surface area contributed by atoms with Gasteiger partial charge >= 0.3 is 0 Å². The molecule has 0 unspecified atom stereocenters. The first-order chi connectivity index (χ1) is 5.97. The van der Waals surface area contributed by atoms with Gasteiger partial charge in [0.05, 0.1) is 6.26 Å². The first kappa shape index (κ1) is 10.1. The largest absolute Gasteiger partial charge is 0.339 e. The summed E-state index contributed by atoms with van der Waals surface area (Å²) >= 11 is 0. The predicted molar refractivity (Wildman–Crippen MR) is 45.6 cm³/mol. The molecule has 0 aromatic carbocycles. The molecule has 13 heavy (non-hydrogen) atoms. The zero-order chi connectivity index (χ0) is 9.90.